The lowest BCUT2D eigenvalue weighted by molar-refractivity contribution is 0.0786. The van der Waals surface area contributed by atoms with Crippen LogP contribution in [0.1, 0.15) is 39.6 Å². The Morgan fingerprint density at radius 1 is 0.933 bits per heavy atom. The first-order valence-electron chi connectivity index (χ1n) is 10.0. The average Bonchev–Trinajstić information content (AvgIpc) is 2.78. The molecule has 0 unspecified atom stereocenters. The second-order valence-electron chi connectivity index (χ2n) is 7.02. The Balaban J connectivity index is 1.75. The molecule has 154 valence electrons. The molecule has 0 aromatic heterocycles. The van der Waals surface area contributed by atoms with Crippen LogP contribution >= 0.6 is 0 Å². The van der Waals surface area contributed by atoms with Gasteiger partial charge in [-0.1, -0.05) is 55.5 Å². The summed E-state index contributed by atoms with van der Waals surface area (Å²) in [6.45, 7) is 3.11. The van der Waals surface area contributed by atoms with Crippen molar-refractivity contribution < 1.29 is 14.3 Å². The maximum Gasteiger partial charge on any atom is 0.256 e. The van der Waals surface area contributed by atoms with Gasteiger partial charge in [0.05, 0.1) is 17.9 Å². The molecule has 1 N–H and O–H groups in total. The van der Waals surface area contributed by atoms with Gasteiger partial charge in [0.15, 0.2) is 0 Å². The molecule has 30 heavy (non-hydrogen) atoms. The zero-order chi connectivity index (χ0) is 21.3. The van der Waals surface area contributed by atoms with Crippen LogP contribution in [0.15, 0.2) is 78.9 Å². The van der Waals surface area contributed by atoms with Crippen molar-refractivity contribution >= 4 is 17.5 Å². The van der Waals surface area contributed by atoms with Crippen molar-refractivity contribution in [2.75, 3.05) is 19.0 Å². The predicted molar refractivity (Wildman–Crippen MR) is 119 cm³/mol. The SMILES string of the molecule is CCCOc1cccc(C(=O)Nc2ccccc2C(=O)N(C)Cc2ccccc2)c1. The van der Waals surface area contributed by atoms with E-state index >= 15 is 0 Å². The maximum atomic E-state index is 13.0. The van der Waals surface area contributed by atoms with Crippen molar-refractivity contribution in [3.05, 3.63) is 95.6 Å². The monoisotopic (exact) mass is 402 g/mol. The van der Waals surface area contributed by atoms with Crippen LogP contribution in [0, 0.1) is 0 Å². The molecule has 5 heteroatoms. The molecule has 0 aliphatic heterocycles. The van der Waals surface area contributed by atoms with Gasteiger partial charge in [-0.25, -0.2) is 0 Å². The largest absolute Gasteiger partial charge is 0.494 e. The number of hydrogen-bond acceptors (Lipinski definition) is 3. The van der Waals surface area contributed by atoms with E-state index in [1.165, 1.54) is 0 Å². The Hall–Kier alpha value is -3.60. The highest BCUT2D eigenvalue weighted by Crippen LogP contribution is 2.20. The minimum atomic E-state index is -0.289. The van der Waals surface area contributed by atoms with Gasteiger partial charge in [-0.2, -0.15) is 0 Å². The van der Waals surface area contributed by atoms with E-state index in [1.54, 1.807) is 54.4 Å². The zero-order valence-electron chi connectivity index (χ0n) is 17.3. The van der Waals surface area contributed by atoms with Gasteiger partial charge in [-0.15, -0.1) is 0 Å². The molecule has 0 atom stereocenters. The molecule has 0 spiro atoms. The molecular formula is C25H26N2O3. The summed E-state index contributed by atoms with van der Waals surface area (Å²) in [5.41, 5.74) is 2.44. The van der Waals surface area contributed by atoms with E-state index in [9.17, 15) is 9.59 Å². The predicted octanol–water partition coefficient (Wildman–Crippen LogP) is 5.00. The van der Waals surface area contributed by atoms with Crippen LogP contribution in [0.5, 0.6) is 5.75 Å². The van der Waals surface area contributed by atoms with Crippen LogP contribution in [0.4, 0.5) is 5.69 Å². The summed E-state index contributed by atoms with van der Waals surface area (Å²) in [4.78, 5) is 27.4. The Bertz CT molecular complexity index is 1000. The van der Waals surface area contributed by atoms with Crippen molar-refractivity contribution in [1.82, 2.24) is 4.90 Å². The third kappa shape index (κ3) is 5.47. The number of rotatable bonds is 8. The molecule has 3 aromatic carbocycles. The summed E-state index contributed by atoms with van der Waals surface area (Å²) in [6, 6.07) is 23.9. The highest BCUT2D eigenvalue weighted by Gasteiger charge is 2.18. The molecule has 0 saturated carbocycles. The quantitative estimate of drug-likeness (QED) is 0.577. The van der Waals surface area contributed by atoms with Gasteiger partial charge >= 0.3 is 0 Å². The topological polar surface area (TPSA) is 58.6 Å². The number of carbonyl (C=O) groups excluding carboxylic acids is 2. The van der Waals surface area contributed by atoms with Crippen LogP contribution in [0.25, 0.3) is 0 Å². The van der Waals surface area contributed by atoms with Gasteiger partial charge in [0.2, 0.25) is 0 Å². The minimum absolute atomic E-state index is 0.158. The van der Waals surface area contributed by atoms with Crippen molar-refractivity contribution in [2.24, 2.45) is 0 Å². The molecule has 0 radical (unpaired) electrons. The Morgan fingerprint density at radius 3 is 2.43 bits per heavy atom. The normalized spacial score (nSPS) is 10.3. The number of ether oxygens (including phenoxy) is 1. The number of nitrogens with zero attached hydrogens (tertiary/aromatic N) is 1. The van der Waals surface area contributed by atoms with E-state index in [4.69, 9.17) is 4.74 Å². The summed E-state index contributed by atoms with van der Waals surface area (Å²) in [5.74, 6) is 0.203. The fraction of sp³-hybridized carbons (Fsp3) is 0.200. The number of carbonyl (C=O) groups is 2. The van der Waals surface area contributed by atoms with E-state index in [1.807, 2.05) is 43.3 Å². The molecule has 2 amide bonds. The second kappa shape index (κ2) is 10.3. The molecule has 3 aromatic rings. The van der Waals surface area contributed by atoms with Crippen LogP contribution in [0.3, 0.4) is 0 Å². The van der Waals surface area contributed by atoms with Crippen molar-refractivity contribution in [2.45, 2.75) is 19.9 Å². The van der Waals surface area contributed by atoms with E-state index in [0.717, 1.165) is 12.0 Å². The minimum Gasteiger partial charge on any atom is -0.494 e. The Kier molecular flexibility index (Phi) is 7.22. The number of hydrogen-bond donors (Lipinski definition) is 1. The van der Waals surface area contributed by atoms with E-state index in [0.29, 0.717) is 35.7 Å². The average molecular weight is 402 g/mol. The molecule has 3 rings (SSSR count). The van der Waals surface area contributed by atoms with Crippen molar-refractivity contribution in [3.8, 4) is 5.75 Å². The smallest absolute Gasteiger partial charge is 0.256 e. The molecule has 0 aliphatic carbocycles. The van der Waals surface area contributed by atoms with Crippen molar-refractivity contribution in [1.29, 1.82) is 0 Å². The first-order chi connectivity index (χ1) is 14.6. The van der Waals surface area contributed by atoms with E-state index < -0.39 is 0 Å². The van der Waals surface area contributed by atoms with E-state index in [2.05, 4.69) is 5.32 Å². The fourth-order valence-corrected chi connectivity index (χ4v) is 3.05. The molecule has 0 aliphatic rings. The molecule has 0 fully saturated rings. The zero-order valence-corrected chi connectivity index (χ0v) is 17.3. The van der Waals surface area contributed by atoms with E-state index in [-0.39, 0.29) is 11.8 Å². The Labute approximate surface area is 177 Å². The highest BCUT2D eigenvalue weighted by atomic mass is 16.5. The van der Waals surface area contributed by atoms with Crippen LogP contribution in [-0.4, -0.2) is 30.4 Å². The highest BCUT2D eigenvalue weighted by molar-refractivity contribution is 6.09. The third-order valence-electron chi connectivity index (χ3n) is 4.58. The number of para-hydroxylation sites is 1. The summed E-state index contributed by atoms with van der Waals surface area (Å²) in [5, 5.41) is 2.87. The first-order valence-corrected chi connectivity index (χ1v) is 10.0. The summed E-state index contributed by atoms with van der Waals surface area (Å²) in [7, 11) is 1.75. The van der Waals surface area contributed by atoms with Gasteiger partial charge in [-0.3, -0.25) is 9.59 Å². The molecule has 0 heterocycles. The van der Waals surface area contributed by atoms with Gasteiger partial charge in [0.1, 0.15) is 5.75 Å². The number of benzene rings is 3. The first kappa shape index (κ1) is 21.1. The fourth-order valence-electron chi connectivity index (χ4n) is 3.05. The summed E-state index contributed by atoms with van der Waals surface area (Å²) >= 11 is 0. The maximum absolute atomic E-state index is 13.0. The van der Waals surface area contributed by atoms with Gasteiger partial charge in [0.25, 0.3) is 11.8 Å². The van der Waals surface area contributed by atoms with Crippen LogP contribution in [0.2, 0.25) is 0 Å². The van der Waals surface area contributed by atoms with Crippen LogP contribution in [-0.2, 0) is 6.54 Å². The lowest BCUT2D eigenvalue weighted by atomic mass is 10.1. The third-order valence-corrected chi connectivity index (χ3v) is 4.58. The summed E-state index contributed by atoms with van der Waals surface area (Å²) in [6.07, 6.45) is 0.891. The van der Waals surface area contributed by atoms with Crippen molar-refractivity contribution in [3.63, 3.8) is 0 Å². The Morgan fingerprint density at radius 2 is 1.67 bits per heavy atom. The number of nitrogens with one attached hydrogen (secondary N) is 1. The number of anilines is 1. The van der Waals surface area contributed by atoms with Gasteiger partial charge in [0, 0.05) is 19.2 Å². The number of amides is 2. The lowest BCUT2D eigenvalue weighted by Crippen LogP contribution is -2.27. The lowest BCUT2D eigenvalue weighted by Gasteiger charge is -2.19. The molecule has 0 bridgehead atoms. The van der Waals surface area contributed by atoms with Gasteiger partial charge in [-0.05, 0) is 42.3 Å². The second-order valence-corrected chi connectivity index (χ2v) is 7.02. The summed E-state index contributed by atoms with van der Waals surface area (Å²) < 4.78 is 5.61. The molecular weight excluding hydrogens is 376 g/mol. The standard InChI is InChI=1S/C25H26N2O3/c1-3-16-30-21-13-9-12-20(17-21)24(28)26-23-15-8-7-14-22(23)25(29)27(2)18-19-10-5-4-6-11-19/h4-15,17H,3,16,18H2,1-2H3,(H,26,28). The van der Waals surface area contributed by atoms with Crippen LogP contribution < -0.4 is 10.1 Å². The molecule has 5 nitrogen and oxygen atoms in total. The van der Waals surface area contributed by atoms with Gasteiger partial charge < -0.3 is 15.0 Å². The molecule has 0 saturated heterocycles.